The van der Waals surface area contributed by atoms with Crippen LogP contribution < -0.4 is 10.6 Å². The largest absolute Gasteiger partial charge is 0.396 e. The van der Waals surface area contributed by atoms with Gasteiger partial charge in [0.1, 0.15) is 0 Å². The molecule has 1 fully saturated rings. The van der Waals surface area contributed by atoms with Gasteiger partial charge < -0.3 is 10.6 Å². The Morgan fingerprint density at radius 1 is 1.36 bits per heavy atom. The minimum atomic E-state index is 0.764. The summed E-state index contributed by atoms with van der Waals surface area (Å²) in [5.41, 5.74) is 7.95. The summed E-state index contributed by atoms with van der Waals surface area (Å²) in [6.45, 7) is 5.96. The number of hydrogen-bond acceptors (Lipinski definition) is 3. The van der Waals surface area contributed by atoms with Gasteiger partial charge in [-0.05, 0) is 25.0 Å². The fraction of sp³-hybridized carbons (Fsp3) is 0.364. The molecule has 14 heavy (non-hydrogen) atoms. The Morgan fingerprint density at radius 2 is 2.07 bits per heavy atom. The van der Waals surface area contributed by atoms with Crippen molar-refractivity contribution in [1.29, 1.82) is 0 Å². The average molecular weight is 189 g/mol. The molecule has 1 aliphatic rings. The van der Waals surface area contributed by atoms with Crippen LogP contribution in [-0.4, -0.2) is 18.1 Å². The molecule has 0 aliphatic carbocycles. The van der Waals surface area contributed by atoms with E-state index in [1.807, 2.05) is 12.1 Å². The summed E-state index contributed by atoms with van der Waals surface area (Å²) in [6, 6.07) is 3.76. The second-order valence-corrected chi connectivity index (χ2v) is 3.65. The molecule has 3 nitrogen and oxygen atoms in total. The first-order valence-electron chi connectivity index (χ1n) is 4.89. The highest BCUT2D eigenvalue weighted by atomic mass is 15.2. The van der Waals surface area contributed by atoms with Crippen molar-refractivity contribution in [1.82, 2.24) is 4.98 Å². The molecule has 0 atom stereocenters. The van der Waals surface area contributed by atoms with Crippen molar-refractivity contribution in [3.05, 3.63) is 30.5 Å². The fourth-order valence-corrected chi connectivity index (χ4v) is 1.71. The molecule has 0 radical (unpaired) electrons. The van der Waals surface area contributed by atoms with Gasteiger partial charge >= 0.3 is 0 Å². The van der Waals surface area contributed by atoms with E-state index in [9.17, 15) is 0 Å². The lowest BCUT2D eigenvalue weighted by Crippen LogP contribution is -2.31. The summed E-state index contributed by atoms with van der Waals surface area (Å²) < 4.78 is 0. The highest BCUT2D eigenvalue weighted by molar-refractivity contribution is 5.62. The summed E-state index contributed by atoms with van der Waals surface area (Å²) in [5.74, 6) is 0.917. The van der Waals surface area contributed by atoms with Crippen LogP contribution in [0.25, 0.3) is 0 Å². The Balaban J connectivity index is 2.16. The van der Waals surface area contributed by atoms with Crippen molar-refractivity contribution < 1.29 is 0 Å². The molecule has 0 spiro atoms. The van der Waals surface area contributed by atoms with Gasteiger partial charge in [-0.1, -0.05) is 12.2 Å². The normalized spacial score (nSPS) is 17.1. The first-order chi connectivity index (χ1) is 6.77. The van der Waals surface area contributed by atoms with E-state index < -0.39 is 0 Å². The Labute approximate surface area is 84.2 Å². The van der Waals surface area contributed by atoms with Gasteiger partial charge in [0.2, 0.25) is 0 Å². The van der Waals surface area contributed by atoms with E-state index in [1.54, 1.807) is 6.20 Å². The summed E-state index contributed by atoms with van der Waals surface area (Å²) in [5, 5.41) is 0. The topological polar surface area (TPSA) is 42.2 Å². The standard InChI is InChI=1S/C11H15N3/c1-9-4-7-14(8-5-9)11-10(12)3-2-6-13-11/h2-3,6H,1,4-5,7-8,12H2. The summed E-state index contributed by atoms with van der Waals surface area (Å²) in [7, 11) is 0. The minimum Gasteiger partial charge on any atom is -0.396 e. The third kappa shape index (κ3) is 1.71. The molecule has 0 bridgehead atoms. The number of pyridine rings is 1. The predicted octanol–water partition coefficient (Wildman–Crippen LogP) is 1.82. The molecule has 2 rings (SSSR count). The van der Waals surface area contributed by atoms with Crippen molar-refractivity contribution in [3.8, 4) is 0 Å². The molecular weight excluding hydrogens is 174 g/mol. The van der Waals surface area contributed by atoms with Gasteiger partial charge in [0.25, 0.3) is 0 Å². The van der Waals surface area contributed by atoms with Gasteiger partial charge in [-0.2, -0.15) is 0 Å². The van der Waals surface area contributed by atoms with Crippen LogP contribution in [0.15, 0.2) is 30.5 Å². The number of nitrogens with zero attached hydrogens (tertiary/aromatic N) is 2. The first kappa shape index (κ1) is 9.06. The van der Waals surface area contributed by atoms with Crippen molar-refractivity contribution in [2.24, 2.45) is 0 Å². The third-order valence-corrected chi connectivity index (χ3v) is 2.59. The summed E-state index contributed by atoms with van der Waals surface area (Å²) >= 11 is 0. The molecule has 0 amide bonds. The van der Waals surface area contributed by atoms with Gasteiger partial charge in [0.05, 0.1) is 5.69 Å². The van der Waals surface area contributed by atoms with Crippen molar-refractivity contribution >= 4 is 11.5 Å². The molecular formula is C11H15N3. The molecule has 2 heterocycles. The van der Waals surface area contributed by atoms with Gasteiger partial charge in [0, 0.05) is 19.3 Å². The van der Waals surface area contributed by atoms with Crippen molar-refractivity contribution in [3.63, 3.8) is 0 Å². The van der Waals surface area contributed by atoms with E-state index in [-0.39, 0.29) is 0 Å². The quantitative estimate of drug-likeness (QED) is 0.685. The molecule has 3 heteroatoms. The SMILES string of the molecule is C=C1CCN(c2ncccc2N)CC1. The smallest absolute Gasteiger partial charge is 0.151 e. The second-order valence-electron chi connectivity index (χ2n) is 3.65. The lowest BCUT2D eigenvalue weighted by molar-refractivity contribution is 0.680. The number of aromatic nitrogens is 1. The third-order valence-electron chi connectivity index (χ3n) is 2.59. The molecule has 74 valence electrons. The zero-order valence-electron chi connectivity index (χ0n) is 8.24. The zero-order valence-corrected chi connectivity index (χ0v) is 8.24. The fourth-order valence-electron chi connectivity index (χ4n) is 1.71. The molecule has 0 saturated carbocycles. The number of nitrogen functional groups attached to an aromatic ring is 1. The van der Waals surface area contributed by atoms with Gasteiger partial charge in [-0.25, -0.2) is 4.98 Å². The van der Waals surface area contributed by atoms with Crippen LogP contribution in [0.5, 0.6) is 0 Å². The lowest BCUT2D eigenvalue weighted by atomic mass is 10.1. The maximum atomic E-state index is 5.86. The molecule has 0 aromatic carbocycles. The Hall–Kier alpha value is -1.51. The average Bonchev–Trinajstić information content (AvgIpc) is 2.20. The number of rotatable bonds is 1. The van der Waals surface area contributed by atoms with Crippen LogP contribution in [0.2, 0.25) is 0 Å². The highest BCUT2D eigenvalue weighted by Gasteiger charge is 2.15. The molecule has 0 unspecified atom stereocenters. The van der Waals surface area contributed by atoms with Crippen LogP contribution in [0.1, 0.15) is 12.8 Å². The summed E-state index contributed by atoms with van der Waals surface area (Å²) in [6.07, 6.45) is 3.89. The van der Waals surface area contributed by atoms with Crippen molar-refractivity contribution in [2.75, 3.05) is 23.7 Å². The lowest BCUT2D eigenvalue weighted by Gasteiger charge is -2.29. The first-order valence-corrected chi connectivity index (χ1v) is 4.89. The van der Waals surface area contributed by atoms with Crippen LogP contribution in [0.3, 0.4) is 0 Å². The van der Waals surface area contributed by atoms with Crippen molar-refractivity contribution in [2.45, 2.75) is 12.8 Å². The van der Waals surface area contributed by atoms with Gasteiger partial charge in [-0.3, -0.25) is 0 Å². The number of piperidine rings is 1. The van der Waals surface area contributed by atoms with E-state index in [1.165, 1.54) is 5.57 Å². The van der Waals surface area contributed by atoms with E-state index in [2.05, 4.69) is 16.5 Å². The Morgan fingerprint density at radius 3 is 2.71 bits per heavy atom. The highest BCUT2D eigenvalue weighted by Crippen LogP contribution is 2.24. The maximum Gasteiger partial charge on any atom is 0.151 e. The van der Waals surface area contributed by atoms with E-state index in [0.717, 1.165) is 37.4 Å². The molecule has 1 aromatic heterocycles. The van der Waals surface area contributed by atoms with E-state index in [0.29, 0.717) is 0 Å². The monoisotopic (exact) mass is 189 g/mol. The second kappa shape index (κ2) is 3.70. The molecule has 2 N–H and O–H groups in total. The predicted molar refractivity (Wildman–Crippen MR) is 59.2 cm³/mol. The Bertz CT molecular complexity index is 336. The number of anilines is 2. The minimum absolute atomic E-state index is 0.764. The molecule has 1 aliphatic heterocycles. The van der Waals surface area contributed by atoms with E-state index >= 15 is 0 Å². The molecule has 1 aromatic rings. The summed E-state index contributed by atoms with van der Waals surface area (Å²) in [4.78, 5) is 6.52. The van der Waals surface area contributed by atoms with Gasteiger partial charge in [-0.15, -0.1) is 0 Å². The Kier molecular flexibility index (Phi) is 2.39. The number of hydrogen-bond donors (Lipinski definition) is 1. The van der Waals surface area contributed by atoms with Crippen LogP contribution in [-0.2, 0) is 0 Å². The van der Waals surface area contributed by atoms with Crippen LogP contribution in [0, 0.1) is 0 Å². The van der Waals surface area contributed by atoms with Crippen LogP contribution in [0.4, 0.5) is 11.5 Å². The maximum absolute atomic E-state index is 5.86. The van der Waals surface area contributed by atoms with E-state index in [4.69, 9.17) is 5.73 Å². The van der Waals surface area contributed by atoms with Gasteiger partial charge in [0.15, 0.2) is 5.82 Å². The van der Waals surface area contributed by atoms with Crippen LogP contribution >= 0.6 is 0 Å². The number of nitrogens with two attached hydrogens (primary N) is 1. The molecule has 1 saturated heterocycles. The zero-order chi connectivity index (χ0) is 9.97.